The van der Waals surface area contributed by atoms with E-state index in [9.17, 15) is 4.79 Å². The van der Waals surface area contributed by atoms with Crippen LogP contribution in [0.25, 0.3) is 0 Å². The standard InChI is InChI=1S/C14H26N2O/c1-5-6-7-8-9-16-13(17)12(11-15)10-14(2,3)4/h1,12H,6-11,15H2,2-4H3,(H,16,17). The number of nitrogens with one attached hydrogen (secondary N) is 1. The van der Waals surface area contributed by atoms with E-state index in [2.05, 4.69) is 32.0 Å². The minimum absolute atomic E-state index is 0.0723. The SMILES string of the molecule is C#CCCCCNC(=O)C(CN)CC(C)(C)C. The smallest absolute Gasteiger partial charge is 0.224 e. The molecule has 0 heterocycles. The first-order chi connectivity index (χ1) is 7.90. The maximum Gasteiger partial charge on any atom is 0.224 e. The molecule has 1 amide bonds. The van der Waals surface area contributed by atoms with Crippen LogP contribution in [0.2, 0.25) is 0 Å². The van der Waals surface area contributed by atoms with Gasteiger partial charge in [0.15, 0.2) is 0 Å². The molecule has 0 aliphatic carbocycles. The van der Waals surface area contributed by atoms with Crippen LogP contribution in [-0.2, 0) is 4.79 Å². The molecule has 0 aliphatic heterocycles. The Morgan fingerprint density at radius 1 is 1.41 bits per heavy atom. The highest BCUT2D eigenvalue weighted by Crippen LogP contribution is 2.23. The van der Waals surface area contributed by atoms with Gasteiger partial charge in [0.25, 0.3) is 0 Å². The monoisotopic (exact) mass is 238 g/mol. The number of amides is 1. The summed E-state index contributed by atoms with van der Waals surface area (Å²) in [6, 6.07) is 0. The first-order valence-electron chi connectivity index (χ1n) is 6.32. The van der Waals surface area contributed by atoms with Crippen molar-refractivity contribution >= 4 is 5.91 Å². The lowest BCUT2D eigenvalue weighted by Crippen LogP contribution is -2.37. The molecule has 1 unspecified atom stereocenters. The number of hydrogen-bond acceptors (Lipinski definition) is 2. The summed E-state index contributed by atoms with van der Waals surface area (Å²) < 4.78 is 0. The van der Waals surface area contributed by atoms with Crippen LogP contribution in [0.1, 0.15) is 46.5 Å². The van der Waals surface area contributed by atoms with E-state index in [0.717, 1.165) is 25.7 Å². The fourth-order valence-electron chi connectivity index (χ4n) is 1.73. The number of hydrogen-bond donors (Lipinski definition) is 2. The second kappa shape index (κ2) is 8.14. The molecule has 3 nitrogen and oxygen atoms in total. The van der Waals surface area contributed by atoms with Gasteiger partial charge in [-0.1, -0.05) is 20.8 Å². The van der Waals surface area contributed by atoms with Crippen molar-refractivity contribution in [2.75, 3.05) is 13.1 Å². The van der Waals surface area contributed by atoms with Gasteiger partial charge in [0.05, 0.1) is 5.92 Å². The Balaban J connectivity index is 3.89. The zero-order valence-corrected chi connectivity index (χ0v) is 11.4. The minimum atomic E-state index is -0.0809. The normalized spacial score (nSPS) is 12.9. The van der Waals surface area contributed by atoms with Crippen LogP contribution in [0.3, 0.4) is 0 Å². The third-order valence-corrected chi connectivity index (χ3v) is 2.56. The van der Waals surface area contributed by atoms with Crippen LogP contribution in [0, 0.1) is 23.7 Å². The first kappa shape index (κ1) is 16.0. The zero-order valence-electron chi connectivity index (χ0n) is 11.4. The van der Waals surface area contributed by atoms with Crippen molar-refractivity contribution in [2.24, 2.45) is 17.1 Å². The molecule has 0 aromatic heterocycles. The molecule has 0 aromatic carbocycles. The van der Waals surface area contributed by atoms with E-state index < -0.39 is 0 Å². The molecular weight excluding hydrogens is 212 g/mol. The van der Waals surface area contributed by atoms with E-state index in [-0.39, 0.29) is 17.2 Å². The van der Waals surface area contributed by atoms with Crippen LogP contribution in [0.5, 0.6) is 0 Å². The van der Waals surface area contributed by atoms with Crippen molar-refractivity contribution in [1.29, 1.82) is 0 Å². The molecule has 98 valence electrons. The van der Waals surface area contributed by atoms with Gasteiger partial charge >= 0.3 is 0 Å². The average molecular weight is 238 g/mol. The summed E-state index contributed by atoms with van der Waals surface area (Å²) in [5, 5.41) is 2.93. The Kier molecular flexibility index (Phi) is 7.65. The highest BCUT2D eigenvalue weighted by atomic mass is 16.1. The van der Waals surface area contributed by atoms with Crippen molar-refractivity contribution in [1.82, 2.24) is 5.32 Å². The Labute approximate surface area is 106 Å². The van der Waals surface area contributed by atoms with Crippen molar-refractivity contribution in [3.05, 3.63) is 0 Å². The highest BCUT2D eigenvalue weighted by molar-refractivity contribution is 5.78. The van der Waals surface area contributed by atoms with Gasteiger partial charge in [0, 0.05) is 19.5 Å². The number of unbranched alkanes of at least 4 members (excludes halogenated alkanes) is 2. The lowest BCUT2D eigenvalue weighted by molar-refractivity contribution is -0.125. The fourth-order valence-corrected chi connectivity index (χ4v) is 1.73. The van der Waals surface area contributed by atoms with Gasteiger partial charge in [0.1, 0.15) is 0 Å². The number of nitrogens with two attached hydrogens (primary N) is 1. The van der Waals surface area contributed by atoms with Crippen LogP contribution >= 0.6 is 0 Å². The summed E-state index contributed by atoms with van der Waals surface area (Å²) in [6.07, 6.45) is 8.65. The van der Waals surface area contributed by atoms with Gasteiger partial charge in [-0.05, 0) is 24.7 Å². The van der Waals surface area contributed by atoms with Crippen LogP contribution in [-0.4, -0.2) is 19.0 Å². The van der Waals surface area contributed by atoms with Crippen LogP contribution < -0.4 is 11.1 Å². The molecule has 1 atom stereocenters. The quantitative estimate of drug-likeness (QED) is 0.526. The summed E-state index contributed by atoms with van der Waals surface area (Å²) in [6.45, 7) is 7.47. The van der Waals surface area contributed by atoms with Crippen LogP contribution in [0.4, 0.5) is 0 Å². The lowest BCUT2D eigenvalue weighted by atomic mass is 9.84. The van der Waals surface area contributed by atoms with Crippen molar-refractivity contribution < 1.29 is 4.79 Å². The third-order valence-electron chi connectivity index (χ3n) is 2.56. The van der Waals surface area contributed by atoms with E-state index in [0.29, 0.717) is 13.1 Å². The van der Waals surface area contributed by atoms with Gasteiger partial charge in [-0.15, -0.1) is 12.3 Å². The molecular formula is C14H26N2O. The van der Waals surface area contributed by atoms with Gasteiger partial charge < -0.3 is 11.1 Å². The molecule has 0 fully saturated rings. The fraction of sp³-hybridized carbons (Fsp3) is 0.786. The topological polar surface area (TPSA) is 55.1 Å². The van der Waals surface area contributed by atoms with E-state index in [4.69, 9.17) is 12.2 Å². The Bertz CT molecular complexity index is 260. The molecule has 17 heavy (non-hydrogen) atoms. The van der Waals surface area contributed by atoms with Crippen molar-refractivity contribution in [3.63, 3.8) is 0 Å². The Morgan fingerprint density at radius 2 is 2.06 bits per heavy atom. The second-order valence-electron chi connectivity index (χ2n) is 5.65. The first-order valence-corrected chi connectivity index (χ1v) is 6.32. The van der Waals surface area contributed by atoms with Gasteiger partial charge in [-0.2, -0.15) is 0 Å². The molecule has 3 N–H and O–H groups in total. The van der Waals surface area contributed by atoms with Crippen molar-refractivity contribution in [3.8, 4) is 12.3 Å². The molecule has 0 saturated heterocycles. The Morgan fingerprint density at radius 3 is 2.53 bits per heavy atom. The predicted molar refractivity (Wildman–Crippen MR) is 72.3 cm³/mol. The van der Waals surface area contributed by atoms with Crippen molar-refractivity contribution in [2.45, 2.75) is 46.5 Å². The Hall–Kier alpha value is -1.01. The van der Waals surface area contributed by atoms with Gasteiger partial charge in [0.2, 0.25) is 5.91 Å². The number of terminal acetylenes is 1. The highest BCUT2D eigenvalue weighted by Gasteiger charge is 2.23. The molecule has 0 rings (SSSR count). The molecule has 0 bridgehead atoms. The zero-order chi connectivity index (χ0) is 13.3. The maximum atomic E-state index is 11.9. The predicted octanol–water partition coefficient (Wildman–Crippen LogP) is 1.92. The maximum absolute atomic E-state index is 11.9. The van der Waals surface area contributed by atoms with Gasteiger partial charge in [-0.3, -0.25) is 4.79 Å². The molecule has 0 aromatic rings. The summed E-state index contributed by atoms with van der Waals surface area (Å²) in [5.74, 6) is 2.58. The number of carbonyl (C=O) groups excluding carboxylic acids is 1. The van der Waals surface area contributed by atoms with E-state index >= 15 is 0 Å². The minimum Gasteiger partial charge on any atom is -0.356 e. The average Bonchev–Trinajstić information content (AvgIpc) is 2.24. The molecule has 0 spiro atoms. The number of rotatable bonds is 7. The summed E-state index contributed by atoms with van der Waals surface area (Å²) in [7, 11) is 0. The largest absolute Gasteiger partial charge is 0.356 e. The summed E-state index contributed by atoms with van der Waals surface area (Å²) >= 11 is 0. The van der Waals surface area contributed by atoms with E-state index in [1.807, 2.05) is 0 Å². The van der Waals surface area contributed by atoms with E-state index in [1.54, 1.807) is 0 Å². The molecule has 3 heteroatoms. The number of carbonyl (C=O) groups is 1. The van der Waals surface area contributed by atoms with Gasteiger partial charge in [-0.25, -0.2) is 0 Å². The molecule has 0 saturated carbocycles. The summed E-state index contributed by atoms with van der Waals surface area (Å²) in [5.41, 5.74) is 5.78. The second-order valence-corrected chi connectivity index (χ2v) is 5.65. The van der Waals surface area contributed by atoms with E-state index in [1.165, 1.54) is 0 Å². The summed E-state index contributed by atoms with van der Waals surface area (Å²) in [4.78, 5) is 11.9. The third kappa shape index (κ3) is 8.76. The molecule has 0 radical (unpaired) electrons. The lowest BCUT2D eigenvalue weighted by Gasteiger charge is -2.24. The molecule has 0 aliphatic rings. The van der Waals surface area contributed by atoms with Crippen LogP contribution in [0.15, 0.2) is 0 Å².